The van der Waals surface area contributed by atoms with E-state index in [1.165, 1.54) is 0 Å². The van der Waals surface area contributed by atoms with Gasteiger partial charge in [0.25, 0.3) is 0 Å². The van der Waals surface area contributed by atoms with E-state index in [-0.39, 0.29) is 12.0 Å². The summed E-state index contributed by atoms with van der Waals surface area (Å²) in [5.74, 6) is 0.0104. The number of ether oxygens (including phenoxy) is 1. The molecule has 0 aliphatic carbocycles. The summed E-state index contributed by atoms with van der Waals surface area (Å²) >= 11 is 5.67. The van der Waals surface area contributed by atoms with Crippen LogP contribution in [0.3, 0.4) is 0 Å². The molecule has 0 aromatic carbocycles. The Kier molecular flexibility index (Phi) is 3.35. The highest BCUT2D eigenvalue weighted by molar-refractivity contribution is 6.30. The first-order chi connectivity index (χ1) is 5.65. The summed E-state index contributed by atoms with van der Waals surface area (Å²) < 4.78 is 5.13. The van der Waals surface area contributed by atoms with Gasteiger partial charge in [-0.3, -0.25) is 4.79 Å². The van der Waals surface area contributed by atoms with Crippen LogP contribution in [0.2, 0.25) is 0 Å². The van der Waals surface area contributed by atoms with Crippen molar-refractivity contribution in [1.29, 1.82) is 0 Å². The molecule has 1 fully saturated rings. The van der Waals surface area contributed by atoms with Crippen LogP contribution in [0.15, 0.2) is 0 Å². The van der Waals surface area contributed by atoms with Gasteiger partial charge in [0.05, 0.1) is 6.10 Å². The number of likely N-dealkylation sites (tertiary alicyclic amines) is 1. The molecule has 1 aliphatic heterocycles. The molecule has 4 heteroatoms. The number of alkyl halides is 1. The molecule has 3 nitrogen and oxygen atoms in total. The lowest BCUT2D eigenvalue weighted by Crippen LogP contribution is -2.34. The number of methoxy groups -OCH3 is 1. The third-order valence-electron chi connectivity index (χ3n) is 2.13. The lowest BCUT2D eigenvalue weighted by Gasteiger charge is -2.17. The Morgan fingerprint density at radius 2 is 2.42 bits per heavy atom. The topological polar surface area (TPSA) is 29.5 Å². The van der Waals surface area contributed by atoms with Gasteiger partial charge in [-0.15, -0.1) is 11.6 Å². The third kappa shape index (κ3) is 2.11. The second-order valence-electron chi connectivity index (χ2n) is 3.05. The highest BCUT2D eigenvalue weighted by Crippen LogP contribution is 2.14. The van der Waals surface area contributed by atoms with Crippen molar-refractivity contribution in [1.82, 2.24) is 4.90 Å². The summed E-state index contributed by atoms with van der Waals surface area (Å²) in [4.78, 5) is 13.1. The van der Waals surface area contributed by atoms with E-state index in [9.17, 15) is 4.79 Å². The van der Waals surface area contributed by atoms with E-state index in [0.717, 1.165) is 13.0 Å². The molecular weight excluding hydrogens is 178 g/mol. The average Bonchev–Trinajstić information content (AvgIpc) is 2.50. The van der Waals surface area contributed by atoms with E-state index in [1.807, 2.05) is 0 Å². The van der Waals surface area contributed by atoms with Crippen molar-refractivity contribution in [3.63, 3.8) is 0 Å². The number of amides is 1. The number of carbonyl (C=O) groups excluding carboxylic acids is 1. The number of hydrogen-bond donors (Lipinski definition) is 0. The zero-order valence-corrected chi connectivity index (χ0v) is 8.17. The van der Waals surface area contributed by atoms with Gasteiger partial charge in [-0.2, -0.15) is 0 Å². The van der Waals surface area contributed by atoms with Crippen LogP contribution in [0.1, 0.15) is 13.3 Å². The standard InChI is InChI=1S/C8H14ClNO2/c1-6(9)8(11)10-4-3-7(5-10)12-2/h6-7H,3-5H2,1-2H3/t6-,7+/m0/s1. The number of hydrogen-bond acceptors (Lipinski definition) is 2. The van der Waals surface area contributed by atoms with Gasteiger partial charge in [0.15, 0.2) is 0 Å². The van der Waals surface area contributed by atoms with Crippen molar-refractivity contribution in [2.24, 2.45) is 0 Å². The van der Waals surface area contributed by atoms with Gasteiger partial charge in [0.2, 0.25) is 5.91 Å². The van der Waals surface area contributed by atoms with Crippen LogP contribution in [0.5, 0.6) is 0 Å². The lowest BCUT2D eigenvalue weighted by molar-refractivity contribution is -0.129. The molecule has 2 atom stereocenters. The molecule has 0 bridgehead atoms. The highest BCUT2D eigenvalue weighted by atomic mass is 35.5. The largest absolute Gasteiger partial charge is 0.380 e. The van der Waals surface area contributed by atoms with Crippen LogP contribution in [0.25, 0.3) is 0 Å². The minimum Gasteiger partial charge on any atom is -0.380 e. The van der Waals surface area contributed by atoms with E-state index in [0.29, 0.717) is 6.54 Å². The maximum absolute atomic E-state index is 11.3. The Balaban J connectivity index is 2.41. The molecular formula is C8H14ClNO2. The average molecular weight is 192 g/mol. The van der Waals surface area contributed by atoms with Crippen molar-refractivity contribution in [2.75, 3.05) is 20.2 Å². The van der Waals surface area contributed by atoms with Crippen molar-refractivity contribution in [3.05, 3.63) is 0 Å². The van der Waals surface area contributed by atoms with Gasteiger partial charge in [-0.05, 0) is 13.3 Å². The normalized spacial score (nSPS) is 25.9. The summed E-state index contributed by atoms with van der Waals surface area (Å²) in [5.41, 5.74) is 0. The Hall–Kier alpha value is -0.280. The van der Waals surface area contributed by atoms with Crippen molar-refractivity contribution in [2.45, 2.75) is 24.8 Å². The maximum atomic E-state index is 11.3. The molecule has 1 saturated heterocycles. The van der Waals surface area contributed by atoms with E-state index in [1.54, 1.807) is 18.9 Å². The van der Waals surface area contributed by atoms with Gasteiger partial charge < -0.3 is 9.64 Å². The monoisotopic (exact) mass is 191 g/mol. The lowest BCUT2D eigenvalue weighted by atomic mass is 10.3. The molecule has 1 rings (SSSR count). The summed E-state index contributed by atoms with van der Waals surface area (Å²) in [6.45, 7) is 3.16. The van der Waals surface area contributed by atoms with Crippen molar-refractivity contribution < 1.29 is 9.53 Å². The van der Waals surface area contributed by atoms with Gasteiger partial charge in [-0.1, -0.05) is 0 Å². The molecule has 0 N–H and O–H groups in total. The van der Waals surface area contributed by atoms with Crippen LogP contribution in [0, 0.1) is 0 Å². The van der Waals surface area contributed by atoms with Crippen molar-refractivity contribution in [3.8, 4) is 0 Å². The second kappa shape index (κ2) is 4.10. The van der Waals surface area contributed by atoms with E-state index in [2.05, 4.69) is 0 Å². The summed E-state index contributed by atoms with van der Waals surface area (Å²) in [6, 6.07) is 0. The predicted octanol–water partition coefficient (Wildman–Crippen LogP) is 0.861. The van der Waals surface area contributed by atoms with Gasteiger partial charge in [-0.25, -0.2) is 0 Å². The van der Waals surface area contributed by atoms with Crippen LogP contribution < -0.4 is 0 Å². The fourth-order valence-electron chi connectivity index (χ4n) is 1.37. The quantitative estimate of drug-likeness (QED) is 0.606. The van der Waals surface area contributed by atoms with E-state index >= 15 is 0 Å². The molecule has 1 amide bonds. The van der Waals surface area contributed by atoms with Gasteiger partial charge in [0, 0.05) is 20.2 Å². The first-order valence-corrected chi connectivity index (χ1v) is 4.54. The Morgan fingerprint density at radius 1 is 1.75 bits per heavy atom. The molecule has 0 aromatic rings. The summed E-state index contributed by atoms with van der Waals surface area (Å²) in [7, 11) is 1.67. The highest BCUT2D eigenvalue weighted by Gasteiger charge is 2.27. The molecule has 1 aliphatic rings. The zero-order valence-electron chi connectivity index (χ0n) is 7.42. The van der Waals surface area contributed by atoms with Crippen LogP contribution in [-0.2, 0) is 9.53 Å². The minimum absolute atomic E-state index is 0.0104. The molecule has 0 spiro atoms. The predicted molar refractivity (Wildman–Crippen MR) is 47.3 cm³/mol. The molecule has 12 heavy (non-hydrogen) atoms. The van der Waals surface area contributed by atoms with Crippen LogP contribution in [-0.4, -0.2) is 42.5 Å². The fraction of sp³-hybridized carbons (Fsp3) is 0.875. The van der Waals surface area contributed by atoms with Crippen molar-refractivity contribution >= 4 is 17.5 Å². The smallest absolute Gasteiger partial charge is 0.240 e. The SMILES string of the molecule is CO[C@@H]1CCN(C(=O)[C@H](C)Cl)C1. The summed E-state index contributed by atoms with van der Waals surface area (Å²) in [5, 5.41) is -0.416. The molecule has 1 heterocycles. The number of carbonyl (C=O) groups is 1. The van der Waals surface area contributed by atoms with E-state index < -0.39 is 5.38 Å². The molecule has 0 unspecified atom stereocenters. The first kappa shape index (κ1) is 9.81. The van der Waals surface area contributed by atoms with Crippen LogP contribution in [0.4, 0.5) is 0 Å². The Labute approximate surface area is 77.6 Å². The number of nitrogens with zero attached hydrogens (tertiary/aromatic N) is 1. The second-order valence-corrected chi connectivity index (χ2v) is 3.70. The molecule has 0 radical (unpaired) electrons. The first-order valence-electron chi connectivity index (χ1n) is 4.10. The van der Waals surface area contributed by atoms with Gasteiger partial charge in [0.1, 0.15) is 5.38 Å². The van der Waals surface area contributed by atoms with Gasteiger partial charge >= 0.3 is 0 Å². The molecule has 0 saturated carbocycles. The zero-order chi connectivity index (χ0) is 9.14. The Morgan fingerprint density at radius 3 is 2.83 bits per heavy atom. The Bertz CT molecular complexity index is 172. The molecule has 70 valence electrons. The fourth-order valence-corrected chi connectivity index (χ4v) is 1.51. The number of rotatable bonds is 2. The molecule has 0 aromatic heterocycles. The van der Waals surface area contributed by atoms with E-state index in [4.69, 9.17) is 16.3 Å². The summed E-state index contributed by atoms with van der Waals surface area (Å²) in [6.07, 6.45) is 1.12. The third-order valence-corrected chi connectivity index (χ3v) is 2.32. The minimum atomic E-state index is -0.416. The number of halogens is 1. The maximum Gasteiger partial charge on any atom is 0.240 e. The van der Waals surface area contributed by atoms with Crippen LogP contribution >= 0.6 is 11.6 Å².